The predicted molar refractivity (Wildman–Crippen MR) is 87.0 cm³/mol. The maximum Gasteiger partial charge on any atom is -0.0203 e. The molecule has 0 saturated carbocycles. The molecule has 0 fully saturated rings. The van der Waals surface area contributed by atoms with E-state index in [2.05, 4.69) is 55.4 Å². The van der Waals surface area contributed by atoms with Crippen LogP contribution in [0.3, 0.4) is 0 Å². The Balaban J connectivity index is 2.86. The Kier molecular flexibility index (Phi) is 3.56. The van der Waals surface area contributed by atoms with Crippen LogP contribution in [0.5, 0.6) is 0 Å². The SMILES string of the molecule is Cc1c(C)c(C)p(-p2c(C)c(C)c(C)c2C)c1C. The van der Waals surface area contributed by atoms with Crippen molar-refractivity contribution in [3.63, 3.8) is 0 Å². The maximum absolute atomic E-state index is 2.37. The highest BCUT2D eigenvalue weighted by Crippen LogP contribution is 2.68. The fourth-order valence-electron chi connectivity index (χ4n) is 2.82. The summed E-state index contributed by atoms with van der Waals surface area (Å²) in [5.74, 6) is 0. The van der Waals surface area contributed by atoms with Crippen LogP contribution in [0.4, 0.5) is 0 Å². The van der Waals surface area contributed by atoms with Gasteiger partial charge >= 0.3 is 0 Å². The van der Waals surface area contributed by atoms with Gasteiger partial charge in [0, 0.05) is 0 Å². The first kappa shape index (κ1) is 14.0. The molecule has 0 nitrogen and oxygen atoms in total. The lowest BCUT2D eigenvalue weighted by Gasteiger charge is -2.09. The standard InChI is InChI=1S/C16H24P2/c1-9-10(2)14(6)17(13(9)5)18-15(7)11(3)12(4)16(18)8/h1-8H3. The van der Waals surface area contributed by atoms with E-state index in [-0.39, 0.29) is 14.4 Å². The van der Waals surface area contributed by atoms with Crippen molar-refractivity contribution in [2.45, 2.75) is 55.4 Å². The minimum absolute atomic E-state index is 0.0710. The van der Waals surface area contributed by atoms with Gasteiger partial charge in [0.2, 0.25) is 0 Å². The molecule has 0 aliphatic rings. The molecule has 0 aliphatic carbocycles. The van der Waals surface area contributed by atoms with E-state index in [1.807, 2.05) is 0 Å². The molecule has 2 heteroatoms. The molecule has 2 heterocycles. The highest BCUT2D eigenvalue weighted by atomic mass is 32.0. The number of hydrogen-bond acceptors (Lipinski definition) is 0. The molecule has 0 spiro atoms. The average Bonchev–Trinajstić information content (AvgIpc) is 2.64. The fraction of sp³-hybridized carbons (Fsp3) is 0.500. The zero-order valence-electron chi connectivity index (χ0n) is 12.9. The minimum Gasteiger partial charge on any atom is -0.0694 e. The van der Waals surface area contributed by atoms with Gasteiger partial charge in [-0.15, -0.1) is 0 Å². The summed E-state index contributed by atoms with van der Waals surface area (Å²) in [7, 11) is -0.142. The van der Waals surface area contributed by atoms with Crippen molar-refractivity contribution >= 4 is 14.4 Å². The summed E-state index contributed by atoms with van der Waals surface area (Å²) in [6.45, 7) is 18.7. The van der Waals surface area contributed by atoms with Gasteiger partial charge in [0.1, 0.15) is 0 Å². The van der Waals surface area contributed by atoms with Crippen molar-refractivity contribution in [3.05, 3.63) is 43.4 Å². The Morgan fingerprint density at radius 2 is 0.556 bits per heavy atom. The van der Waals surface area contributed by atoms with Gasteiger partial charge in [-0.25, -0.2) is 0 Å². The quantitative estimate of drug-likeness (QED) is 0.563. The van der Waals surface area contributed by atoms with E-state index in [0.717, 1.165) is 0 Å². The van der Waals surface area contributed by atoms with Crippen molar-refractivity contribution in [3.8, 4) is 0 Å². The van der Waals surface area contributed by atoms with Gasteiger partial charge < -0.3 is 0 Å². The molecule has 0 amide bonds. The molecule has 0 unspecified atom stereocenters. The number of hydrogen-bond donors (Lipinski definition) is 0. The molecule has 0 atom stereocenters. The summed E-state index contributed by atoms with van der Waals surface area (Å²) in [4.78, 5) is 0. The Bertz CT molecular complexity index is 517. The third-order valence-corrected chi connectivity index (χ3v) is 13.8. The molecule has 0 radical (unpaired) electrons. The predicted octanol–water partition coefficient (Wildman–Crippen LogP) is 6.44. The van der Waals surface area contributed by atoms with Gasteiger partial charge in [-0.2, -0.15) is 0 Å². The topological polar surface area (TPSA) is 0 Å². The molecular formula is C16H24P2. The van der Waals surface area contributed by atoms with Gasteiger partial charge in [-0.05, 0) is 98.8 Å². The third-order valence-electron chi connectivity index (χ3n) is 4.77. The van der Waals surface area contributed by atoms with Crippen LogP contribution in [0, 0.1) is 55.4 Å². The highest BCUT2D eigenvalue weighted by molar-refractivity contribution is 8.23. The van der Waals surface area contributed by atoms with Crippen LogP contribution >= 0.6 is 14.4 Å². The van der Waals surface area contributed by atoms with Crippen LogP contribution in [-0.2, 0) is 0 Å². The van der Waals surface area contributed by atoms with E-state index in [1.165, 1.54) is 0 Å². The molecule has 0 aliphatic heterocycles. The average molecular weight is 278 g/mol. The van der Waals surface area contributed by atoms with E-state index >= 15 is 0 Å². The lowest BCUT2D eigenvalue weighted by atomic mass is 10.2. The smallest absolute Gasteiger partial charge is 0.0203 e. The van der Waals surface area contributed by atoms with Crippen molar-refractivity contribution in [1.82, 2.24) is 0 Å². The normalized spacial score (nSPS) is 11.3. The highest BCUT2D eigenvalue weighted by Gasteiger charge is 2.20. The van der Waals surface area contributed by atoms with E-state index in [0.29, 0.717) is 0 Å². The molecule has 2 aromatic heterocycles. The zero-order valence-corrected chi connectivity index (χ0v) is 14.7. The van der Waals surface area contributed by atoms with Crippen LogP contribution in [0.25, 0.3) is 0 Å². The molecule has 0 saturated heterocycles. The van der Waals surface area contributed by atoms with E-state index in [1.54, 1.807) is 43.4 Å². The second-order valence-electron chi connectivity index (χ2n) is 5.47. The number of rotatable bonds is 1. The molecule has 2 rings (SSSR count). The van der Waals surface area contributed by atoms with Crippen LogP contribution in [0.15, 0.2) is 0 Å². The van der Waals surface area contributed by atoms with Gasteiger partial charge in [-0.1, -0.05) is 14.4 Å². The maximum atomic E-state index is 2.37. The Morgan fingerprint density at radius 1 is 0.389 bits per heavy atom. The van der Waals surface area contributed by atoms with Crippen LogP contribution in [0.1, 0.15) is 43.4 Å². The third kappa shape index (κ3) is 1.74. The van der Waals surface area contributed by atoms with Crippen molar-refractivity contribution in [1.29, 1.82) is 0 Å². The summed E-state index contributed by atoms with van der Waals surface area (Å²) in [6, 6.07) is 0. The summed E-state index contributed by atoms with van der Waals surface area (Å²) in [5.41, 5.74) is 6.24. The largest absolute Gasteiger partial charge is 0.0694 e. The van der Waals surface area contributed by atoms with E-state index < -0.39 is 0 Å². The molecule has 0 aromatic carbocycles. The van der Waals surface area contributed by atoms with Crippen molar-refractivity contribution in [2.75, 3.05) is 0 Å². The zero-order chi connectivity index (χ0) is 13.8. The Morgan fingerprint density at radius 3 is 0.722 bits per heavy atom. The van der Waals surface area contributed by atoms with Crippen LogP contribution < -0.4 is 0 Å². The molecular weight excluding hydrogens is 254 g/mol. The summed E-state index contributed by atoms with van der Waals surface area (Å²) in [5, 5.41) is 6.69. The van der Waals surface area contributed by atoms with Crippen molar-refractivity contribution < 1.29 is 0 Å². The van der Waals surface area contributed by atoms with E-state index in [9.17, 15) is 0 Å². The lowest BCUT2D eigenvalue weighted by Crippen LogP contribution is -1.73. The summed E-state index contributed by atoms with van der Waals surface area (Å²) >= 11 is 0. The first-order chi connectivity index (χ1) is 8.29. The molecule has 0 N–H and O–H groups in total. The molecule has 98 valence electrons. The second kappa shape index (κ2) is 4.59. The van der Waals surface area contributed by atoms with Gasteiger partial charge in [0.25, 0.3) is 0 Å². The minimum atomic E-state index is -0.0710. The summed E-state index contributed by atoms with van der Waals surface area (Å²) in [6.07, 6.45) is 0. The lowest BCUT2D eigenvalue weighted by molar-refractivity contribution is 1.32. The van der Waals surface area contributed by atoms with Crippen LogP contribution in [-0.4, -0.2) is 0 Å². The van der Waals surface area contributed by atoms with Gasteiger partial charge in [0.05, 0.1) is 0 Å². The van der Waals surface area contributed by atoms with Gasteiger partial charge in [-0.3, -0.25) is 0 Å². The Hall–Kier alpha value is -0.440. The first-order valence-electron chi connectivity index (χ1n) is 6.59. The molecule has 2 aromatic rings. The van der Waals surface area contributed by atoms with Crippen molar-refractivity contribution in [2.24, 2.45) is 0 Å². The molecule has 18 heavy (non-hydrogen) atoms. The van der Waals surface area contributed by atoms with E-state index in [4.69, 9.17) is 0 Å². The summed E-state index contributed by atoms with van der Waals surface area (Å²) < 4.78 is 0. The Labute approximate surface area is 113 Å². The monoisotopic (exact) mass is 278 g/mol. The van der Waals surface area contributed by atoms with Crippen LogP contribution in [0.2, 0.25) is 0 Å². The van der Waals surface area contributed by atoms with Gasteiger partial charge in [0.15, 0.2) is 0 Å². The fourth-order valence-corrected chi connectivity index (χ4v) is 12.4. The molecule has 0 bridgehead atoms. The first-order valence-corrected chi connectivity index (χ1v) is 9.98. The second-order valence-corrected chi connectivity index (χ2v) is 11.8.